The smallest absolute Gasteiger partial charge is 0.310 e. The molecule has 2 rings (SSSR count). The van der Waals surface area contributed by atoms with E-state index in [9.17, 15) is 18.0 Å². The Kier molecular flexibility index (Phi) is 2.45. The molecule has 0 atom stereocenters. The van der Waals surface area contributed by atoms with Gasteiger partial charge in [0.1, 0.15) is 5.82 Å². The number of nitrogens with one attached hydrogen (secondary N) is 1. The molecule has 17 heavy (non-hydrogen) atoms. The highest BCUT2D eigenvalue weighted by atomic mass is 19.4. The molecule has 0 unspecified atom stereocenters. The van der Waals surface area contributed by atoms with Crippen molar-refractivity contribution in [1.29, 1.82) is 0 Å². The van der Waals surface area contributed by atoms with Gasteiger partial charge in [-0.2, -0.15) is 13.2 Å². The number of alkyl halides is 3. The van der Waals surface area contributed by atoms with E-state index < -0.39 is 17.3 Å². The molecular weight excluding hydrogens is 233 g/mol. The number of nitrogens with zero attached hydrogens (tertiary/aromatic N) is 1. The summed E-state index contributed by atoms with van der Waals surface area (Å²) in [5, 5.41) is 0.168. The summed E-state index contributed by atoms with van der Waals surface area (Å²) in [7, 11) is 0. The van der Waals surface area contributed by atoms with Gasteiger partial charge in [0.2, 0.25) is 0 Å². The first-order valence-electron chi connectivity index (χ1n) is 4.87. The molecule has 1 N–H and O–H groups in total. The van der Waals surface area contributed by atoms with E-state index in [2.05, 4.69) is 9.97 Å². The fourth-order valence-corrected chi connectivity index (χ4v) is 1.72. The lowest BCUT2D eigenvalue weighted by Crippen LogP contribution is -2.13. The molecule has 0 aliphatic carbocycles. The first kappa shape index (κ1) is 11.6. The summed E-state index contributed by atoms with van der Waals surface area (Å²) in [5.74, 6) is 0.291. The lowest BCUT2D eigenvalue weighted by Gasteiger charge is -2.11. The number of aromatic amines is 1. The van der Waals surface area contributed by atoms with E-state index in [1.165, 1.54) is 19.9 Å². The molecule has 0 spiro atoms. The van der Waals surface area contributed by atoms with Crippen molar-refractivity contribution < 1.29 is 13.2 Å². The number of fused-ring (bicyclic) bond motifs is 1. The van der Waals surface area contributed by atoms with Gasteiger partial charge in [-0.3, -0.25) is 4.79 Å². The normalized spacial score (nSPS) is 12.1. The molecule has 0 saturated heterocycles. The number of benzene rings is 1. The standard InChI is InChI=1S/C11H9F3N2O/c1-5-3-7-9(4-8(5)11(12,13)14)15-6(2)16-10(7)17/h3-4H,1-2H3,(H,15,16,17). The number of halogens is 3. The summed E-state index contributed by atoms with van der Waals surface area (Å²) in [4.78, 5) is 17.9. The van der Waals surface area contributed by atoms with Crippen LogP contribution in [-0.4, -0.2) is 9.97 Å². The summed E-state index contributed by atoms with van der Waals surface area (Å²) < 4.78 is 38.0. The Hall–Kier alpha value is -1.85. The largest absolute Gasteiger partial charge is 0.416 e. The monoisotopic (exact) mass is 242 g/mol. The molecule has 1 heterocycles. The minimum Gasteiger partial charge on any atom is -0.310 e. The quantitative estimate of drug-likeness (QED) is 0.771. The summed E-state index contributed by atoms with van der Waals surface area (Å²) in [6.45, 7) is 2.84. The predicted octanol–water partition coefficient (Wildman–Crippen LogP) is 2.56. The highest BCUT2D eigenvalue weighted by molar-refractivity contribution is 5.79. The molecule has 3 nitrogen and oxygen atoms in total. The zero-order valence-electron chi connectivity index (χ0n) is 9.14. The molecule has 2 aromatic rings. The minimum absolute atomic E-state index is 0.0150. The van der Waals surface area contributed by atoms with Gasteiger partial charge in [-0.25, -0.2) is 4.98 Å². The number of H-pyrrole nitrogens is 1. The molecule has 0 saturated carbocycles. The van der Waals surface area contributed by atoms with Crippen LogP contribution < -0.4 is 5.56 Å². The maximum Gasteiger partial charge on any atom is 0.416 e. The Morgan fingerprint density at radius 1 is 1.24 bits per heavy atom. The van der Waals surface area contributed by atoms with Crippen molar-refractivity contribution in [3.05, 3.63) is 39.4 Å². The van der Waals surface area contributed by atoms with Crippen molar-refractivity contribution in [3.8, 4) is 0 Å². The van der Waals surface area contributed by atoms with Gasteiger partial charge in [0.05, 0.1) is 16.5 Å². The van der Waals surface area contributed by atoms with Crippen LogP contribution in [0.1, 0.15) is 17.0 Å². The average molecular weight is 242 g/mol. The second-order valence-corrected chi connectivity index (χ2v) is 3.83. The van der Waals surface area contributed by atoms with Crippen LogP contribution in [0.2, 0.25) is 0 Å². The first-order valence-corrected chi connectivity index (χ1v) is 4.87. The number of hydrogen-bond donors (Lipinski definition) is 1. The lowest BCUT2D eigenvalue weighted by atomic mass is 10.1. The van der Waals surface area contributed by atoms with E-state index in [1.807, 2.05) is 0 Å². The van der Waals surface area contributed by atoms with E-state index in [0.29, 0.717) is 5.82 Å². The van der Waals surface area contributed by atoms with Gasteiger partial charge in [0.25, 0.3) is 5.56 Å². The van der Waals surface area contributed by atoms with Crippen molar-refractivity contribution in [2.45, 2.75) is 20.0 Å². The van der Waals surface area contributed by atoms with Gasteiger partial charge in [-0.1, -0.05) is 0 Å². The van der Waals surface area contributed by atoms with Crippen molar-refractivity contribution >= 4 is 10.9 Å². The van der Waals surface area contributed by atoms with Crippen molar-refractivity contribution in [2.75, 3.05) is 0 Å². The maximum atomic E-state index is 12.7. The molecule has 0 radical (unpaired) electrons. The highest BCUT2D eigenvalue weighted by Gasteiger charge is 2.32. The second kappa shape index (κ2) is 3.58. The Bertz CT molecular complexity index is 643. The fourth-order valence-electron chi connectivity index (χ4n) is 1.72. The average Bonchev–Trinajstić information content (AvgIpc) is 2.16. The maximum absolute atomic E-state index is 12.7. The Morgan fingerprint density at radius 2 is 1.88 bits per heavy atom. The minimum atomic E-state index is -4.43. The van der Waals surface area contributed by atoms with E-state index >= 15 is 0 Å². The molecular formula is C11H9F3N2O. The molecule has 1 aromatic carbocycles. The molecule has 0 fully saturated rings. The Labute approximate surface area is 94.3 Å². The second-order valence-electron chi connectivity index (χ2n) is 3.83. The molecule has 6 heteroatoms. The van der Waals surface area contributed by atoms with Crippen molar-refractivity contribution in [3.63, 3.8) is 0 Å². The van der Waals surface area contributed by atoms with Gasteiger partial charge < -0.3 is 4.98 Å². The van der Waals surface area contributed by atoms with Crippen LogP contribution in [0.4, 0.5) is 13.2 Å². The van der Waals surface area contributed by atoms with Crippen molar-refractivity contribution in [2.24, 2.45) is 0 Å². The van der Waals surface area contributed by atoms with Crippen LogP contribution in [0.3, 0.4) is 0 Å². The number of rotatable bonds is 0. The van der Waals surface area contributed by atoms with E-state index in [-0.39, 0.29) is 16.5 Å². The molecule has 0 aliphatic heterocycles. The third kappa shape index (κ3) is 2.02. The van der Waals surface area contributed by atoms with E-state index in [4.69, 9.17) is 0 Å². The van der Waals surface area contributed by atoms with Crippen LogP contribution >= 0.6 is 0 Å². The fraction of sp³-hybridized carbons (Fsp3) is 0.273. The van der Waals surface area contributed by atoms with Gasteiger partial charge in [0.15, 0.2) is 0 Å². The topological polar surface area (TPSA) is 45.8 Å². The highest BCUT2D eigenvalue weighted by Crippen LogP contribution is 2.33. The van der Waals surface area contributed by atoms with Gasteiger partial charge in [0, 0.05) is 0 Å². The lowest BCUT2D eigenvalue weighted by molar-refractivity contribution is -0.137. The van der Waals surface area contributed by atoms with Gasteiger partial charge in [-0.15, -0.1) is 0 Å². The SMILES string of the molecule is Cc1nc2cc(C(F)(F)F)c(C)cc2c(=O)[nH]1. The molecule has 1 aromatic heterocycles. The third-order valence-electron chi connectivity index (χ3n) is 2.48. The van der Waals surface area contributed by atoms with Gasteiger partial charge >= 0.3 is 6.18 Å². The Balaban J connectivity index is 2.86. The number of aromatic nitrogens is 2. The molecule has 90 valence electrons. The van der Waals surface area contributed by atoms with Crippen LogP contribution in [-0.2, 0) is 6.18 Å². The van der Waals surface area contributed by atoms with Gasteiger partial charge in [-0.05, 0) is 31.5 Å². The molecule has 0 amide bonds. The summed E-state index contributed by atoms with van der Waals surface area (Å²) in [6.07, 6.45) is -4.43. The van der Waals surface area contributed by atoms with E-state index in [1.54, 1.807) is 0 Å². The van der Waals surface area contributed by atoms with E-state index in [0.717, 1.165) is 6.07 Å². The zero-order chi connectivity index (χ0) is 12.8. The number of aryl methyl sites for hydroxylation is 2. The zero-order valence-corrected chi connectivity index (χ0v) is 9.14. The first-order chi connectivity index (χ1) is 7.79. The molecule has 0 bridgehead atoms. The van der Waals surface area contributed by atoms with Crippen LogP contribution in [0.25, 0.3) is 10.9 Å². The van der Waals surface area contributed by atoms with Crippen molar-refractivity contribution in [1.82, 2.24) is 9.97 Å². The van der Waals surface area contributed by atoms with Crippen LogP contribution in [0.5, 0.6) is 0 Å². The van der Waals surface area contributed by atoms with Crippen LogP contribution in [0, 0.1) is 13.8 Å². The summed E-state index contributed by atoms with van der Waals surface area (Å²) >= 11 is 0. The summed E-state index contributed by atoms with van der Waals surface area (Å²) in [5.41, 5.74) is -1.11. The third-order valence-corrected chi connectivity index (χ3v) is 2.48. The summed E-state index contributed by atoms with van der Waals surface area (Å²) in [6, 6.07) is 2.12. The van der Waals surface area contributed by atoms with Crippen LogP contribution in [0.15, 0.2) is 16.9 Å². The molecule has 0 aliphatic rings. The Morgan fingerprint density at radius 3 is 2.47 bits per heavy atom. The number of hydrogen-bond acceptors (Lipinski definition) is 2. The predicted molar refractivity (Wildman–Crippen MR) is 56.8 cm³/mol.